The molecule has 4 rings (SSSR count). The lowest BCUT2D eigenvalue weighted by molar-refractivity contribution is -0.00174. The standard InChI is InChI=1S/C19H16F2N4O3/c1-27-16-7-6-13(8-14(16)21)22-19(26)18-15-10-28-17(9-25(15)24-23-18)11-2-4-12(20)5-3-11/h2-8,17H,9-10H2,1H3,(H,22,26)/t17-/m0/s1. The maximum Gasteiger partial charge on any atom is 0.278 e. The lowest BCUT2D eigenvalue weighted by Gasteiger charge is -2.24. The first-order valence-corrected chi connectivity index (χ1v) is 8.49. The molecule has 144 valence electrons. The van der Waals surface area contributed by atoms with Gasteiger partial charge in [0.25, 0.3) is 5.91 Å². The Balaban J connectivity index is 1.50. The van der Waals surface area contributed by atoms with Crippen LogP contribution in [0.3, 0.4) is 0 Å². The van der Waals surface area contributed by atoms with Crippen LogP contribution < -0.4 is 10.1 Å². The predicted molar refractivity (Wildman–Crippen MR) is 94.9 cm³/mol. The van der Waals surface area contributed by atoms with E-state index in [1.54, 1.807) is 16.8 Å². The molecule has 2 aromatic carbocycles. The van der Waals surface area contributed by atoms with Crippen molar-refractivity contribution in [1.82, 2.24) is 15.0 Å². The summed E-state index contributed by atoms with van der Waals surface area (Å²) in [5.41, 5.74) is 1.70. The molecule has 0 saturated carbocycles. The summed E-state index contributed by atoms with van der Waals surface area (Å²) in [4.78, 5) is 12.5. The third-order valence-electron chi connectivity index (χ3n) is 4.46. The molecule has 1 aromatic heterocycles. The smallest absolute Gasteiger partial charge is 0.278 e. The Morgan fingerprint density at radius 3 is 2.75 bits per heavy atom. The number of carbonyl (C=O) groups is 1. The van der Waals surface area contributed by atoms with E-state index >= 15 is 0 Å². The van der Waals surface area contributed by atoms with Crippen LogP contribution in [0.25, 0.3) is 0 Å². The SMILES string of the molecule is COc1ccc(NC(=O)c2nnn3c2CO[C@H](c2ccc(F)cc2)C3)cc1F. The molecule has 0 radical (unpaired) electrons. The molecule has 0 saturated heterocycles. The van der Waals surface area contributed by atoms with Crippen molar-refractivity contribution in [2.24, 2.45) is 0 Å². The minimum absolute atomic E-state index is 0.0827. The van der Waals surface area contributed by atoms with E-state index in [0.717, 1.165) is 11.6 Å². The first kappa shape index (κ1) is 18.1. The van der Waals surface area contributed by atoms with Gasteiger partial charge in [-0.3, -0.25) is 4.79 Å². The number of fused-ring (bicyclic) bond motifs is 1. The summed E-state index contributed by atoms with van der Waals surface area (Å²) >= 11 is 0. The van der Waals surface area contributed by atoms with Crippen molar-refractivity contribution in [3.8, 4) is 5.75 Å². The van der Waals surface area contributed by atoms with Crippen molar-refractivity contribution >= 4 is 11.6 Å². The van der Waals surface area contributed by atoms with Crippen LogP contribution >= 0.6 is 0 Å². The number of aromatic nitrogens is 3. The number of benzene rings is 2. The van der Waals surface area contributed by atoms with Crippen molar-refractivity contribution in [2.75, 3.05) is 12.4 Å². The molecule has 1 aliphatic rings. The zero-order valence-electron chi connectivity index (χ0n) is 14.9. The van der Waals surface area contributed by atoms with Gasteiger partial charge in [-0.15, -0.1) is 5.10 Å². The van der Waals surface area contributed by atoms with Crippen LogP contribution in [0.15, 0.2) is 42.5 Å². The molecule has 1 aliphatic heterocycles. The van der Waals surface area contributed by atoms with Crippen LogP contribution in [0.4, 0.5) is 14.5 Å². The monoisotopic (exact) mass is 386 g/mol. The molecular formula is C19H16F2N4O3. The van der Waals surface area contributed by atoms with Crippen molar-refractivity contribution in [2.45, 2.75) is 19.3 Å². The van der Waals surface area contributed by atoms with Gasteiger partial charge in [0.15, 0.2) is 17.3 Å². The van der Waals surface area contributed by atoms with E-state index in [1.807, 2.05) is 0 Å². The number of carbonyl (C=O) groups excluding carboxylic acids is 1. The summed E-state index contributed by atoms with van der Waals surface area (Å²) in [5, 5.41) is 10.5. The number of halogens is 2. The minimum Gasteiger partial charge on any atom is -0.494 e. The van der Waals surface area contributed by atoms with Gasteiger partial charge in [0.1, 0.15) is 11.9 Å². The second kappa shape index (κ2) is 7.35. The van der Waals surface area contributed by atoms with Gasteiger partial charge in [0.2, 0.25) is 0 Å². The van der Waals surface area contributed by atoms with Gasteiger partial charge in [-0.2, -0.15) is 0 Å². The molecule has 3 aromatic rings. The molecule has 0 unspecified atom stereocenters. The maximum atomic E-state index is 13.8. The first-order valence-electron chi connectivity index (χ1n) is 8.49. The van der Waals surface area contributed by atoms with E-state index in [9.17, 15) is 13.6 Å². The van der Waals surface area contributed by atoms with Crippen LogP contribution in [0.2, 0.25) is 0 Å². The Bertz CT molecular complexity index is 1020. The molecule has 1 amide bonds. The average Bonchev–Trinajstić information content (AvgIpc) is 3.12. The largest absolute Gasteiger partial charge is 0.494 e. The Morgan fingerprint density at radius 1 is 1.25 bits per heavy atom. The van der Waals surface area contributed by atoms with Gasteiger partial charge in [0.05, 0.1) is 26.0 Å². The number of hydrogen-bond donors (Lipinski definition) is 1. The quantitative estimate of drug-likeness (QED) is 0.746. The van der Waals surface area contributed by atoms with E-state index in [-0.39, 0.29) is 35.7 Å². The normalized spacial score (nSPS) is 15.8. The molecule has 28 heavy (non-hydrogen) atoms. The highest BCUT2D eigenvalue weighted by Crippen LogP contribution is 2.27. The first-order chi connectivity index (χ1) is 13.5. The number of amides is 1. The van der Waals surface area contributed by atoms with Gasteiger partial charge < -0.3 is 14.8 Å². The van der Waals surface area contributed by atoms with E-state index in [4.69, 9.17) is 9.47 Å². The van der Waals surface area contributed by atoms with E-state index in [2.05, 4.69) is 15.6 Å². The number of ether oxygens (including phenoxy) is 2. The topological polar surface area (TPSA) is 78.3 Å². The molecular weight excluding hydrogens is 370 g/mol. The zero-order valence-corrected chi connectivity index (χ0v) is 14.9. The number of anilines is 1. The van der Waals surface area contributed by atoms with Gasteiger partial charge >= 0.3 is 0 Å². The zero-order chi connectivity index (χ0) is 19.7. The Morgan fingerprint density at radius 2 is 2.04 bits per heavy atom. The van der Waals surface area contributed by atoms with Gasteiger partial charge in [-0.25, -0.2) is 13.5 Å². The highest BCUT2D eigenvalue weighted by atomic mass is 19.1. The fraction of sp³-hybridized carbons (Fsp3) is 0.211. The third-order valence-corrected chi connectivity index (χ3v) is 4.46. The molecule has 0 bridgehead atoms. The lowest BCUT2D eigenvalue weighted by Crippen LogP contribution is -2.24. The van der Waals surface area contributed by atoms with Crippen LogP contribution in [0.5, 0.6) is 5.75 Å². The fourth-order valence-electron chi connectivity index (χ4n) is 3.00. The minimum atomic E-state index is -0.587. The highest BCUT2D eigenvalue weighted by Gasteiger charge is 2.28. The summed E-state index contributed by atoms with van der Waals surface area (Å²) in [5.74, 6) is -1.35. The second-order valence-corrected chi connectivity index (χ2v) is 6.22. The molecule has 1 N–H and O–H groups in total. The number of methoxy groups -OCH3 is 1. The predicted octanol–water partition coefficient (Wildman–Crippen LogP) is 3.09. The van der Waals surface area contributed by atoms with Gasteiger partial charge in [-0.05, 0) is 29.8 Å². The molecule has 2 heterocycles. The molecule has 0 spiro atoms. The van der Waals surface area contributed by atoms with Crippen molar-refractivity contribution in [3.05, 3.63) is 71.1 Å². The molecule has 1 atom stereocenters. The lowest BCUT2D eigenvalue weighted by atomic mass is 10.1. The number of rotatable bonds is 4. The van der Waals surface area contributed by atoms with E-state index < -0.39 is 11.7 Å². The van der Waals surface area contributed by atoms with Crippen molar-refractivity contribution < 1.29 is 23.0 Å². The summed E-state index contributed by atoms with van der Waals surface area (Å²) < 4.78 is 39.1. The van der Waals surface area contributed by atoms with Crippen LogP contribution in [0.1, 0.15) is 27.8 Å². The van der Waals surface area contributed by atoms with Crippen molar-refractivity contribution in [3.63, 3.8) is 0 Å². The van der Waals surface area contributed by atoms with E-state index in [1.165, 1.54) is 31.4 Å². The maximum absolute atomic E-state index is 13.8. The fourth-order valence-corrected chi connectivity index (χ4v) is 3.00. The van der Waals surface area contributed by atoms with E-state index in [0.29, 0.717) is 12.2 Å². The molecule has 0 fully saturated rings. The summed E-state index contributed by atoms with van der Waals surface area (Å²) in [6.45, 7) is 0.465. The summed E-state index contributed by atoms with van der Waals surface area (Å²) in [6.07, 6.45) is -0.318. The molecule has 0 aliphatic carbocycles. The van der Waals surface area contributed by atoms with Gasteiger partial charge in [0, 0.05) is 11.8 Å². The number of nitrogens with zero attached hydrogens (tertiary/aromatic N) is 3. The summed E-state index contributed by atoms with van der Waals surface area (Å²) in [7, 11) is 1.36. The Labute approximate surface area is 158 Å². The van der Waals surface area contributed by atoms with Gasteiger partial charge in [-0.1, -0.05) is 17.3 Å². The third kappa shape index (κ3) is 3.44. The molecule has 7 nitrogen and oxygen atoms in total. The Hall–Kier alpha value is -3.33. The van der Waals surface area contributed by atoms with Crippen molar-refractivity contribution in [1.29, 1.82) is 0 Å². The molecule has 9 heteroatoms. The number of hydrogen-bond acceptors (Lipinski definition) is 5. The van der Waals surface area contributed by atoms with Crippen LogP contribution in [-0.2, 0) is 17.9 Å². The van der Waals surface area contributed by atoms with Crippen LogP contribution in [0, 0.1) is 11.6 Å². The van der Waals surface area contributed by atoms with Crippen LogP contribution in [-0.4, -0.2) is 28.0 Å². The average molecular weight is 386 g/mol. The Kier molecular flexibility index (Phi) is 4.74. The number of nitrogens with one attached hydrogen (secondary N) is 1. The summed E-state index contributed by atoms with van der Waals surface area (Å²) in [6, 6.07) is 10.1. The highest BCUT2D eigenvalue weighted by molar-refractivity contribution is 6.03. The second-order valence-electron chi connectivity index (χ2n) is 6.22.